The Kier molecular flexibility index (Phi) is 8.49. The van der Waals surface area contributed by atoms with Crippen LogP contribution in [0.5, 0.6) is 5.75 Å². The van der Waals surface area contributed by atoms with Crippen molar-refractivity contribution >= 4 is 5.69 Å². The average Bonchev–Trinajstić information content (AvgIpc) is 3.87. The van der Waals surface area contributed by atoms with Gasteiger partial charge in [-0.15, -0.1) is 11.3 Å². The van der Waals surface area contributed by atoms with Crippen molar-refractivity contribution in [2.75, 3.05) is 11.9 Å². The number of rotatable bonds is 5. The quantitative estimate of drug-likeness (QED) is 0.175. The number of aromatic nitrogens is 1. The Bertz CT molecular complexity index is 2600. The minimum absolute atomic E-state index is 0. The van der Waals surface area contributed by atoms with Crippen molar-refractivity contribution in [3.63, 3.8) is 0 Å². The molecule has 4 nitrogen and oxygen atoms in total. The van der Waals surface area contributed by atoms with Gasteiger partial charge in [0.25, 0.3) is 0 Å². The molecule has 3 aliphatic rings. The summed E-state index contributed by atoms with van der Waals surface area (Å²) in [5.41, 5.74) is 13.1. The van der Waals surface area contributed by atoms with Gasteiger partial charge in [0.1, 0.15) is 5.75 Å². The van der Waals surface area contributed by atoms with Crippen LogP contribution in [0.2, 0.25) is 0 Å². The third-order valence-corrected chi connectivity index (χ3v) is 11.9. The van der Waals surface area contributed by atoms with Crippen molar-refractivity contribution in [2.24, 2.45) is 0 Å². The summed E-state index contributed by atoms with van der Waals surface area (Å²) in [5.74, 6) is 0.241. The first-order chi connectivity index (χ1) is 26.7. The van der Waals surface area contributed by atoms with Gasteiger partial charge in [-0.1, -0.05) is 136 Å². The molecule has 0 unspecified atom stereocenters. The van der Waals surface area contributed by atoms with Crippen molar-refractivity contribution in [3.8, 4) is 28.0 Å². The molecule has 10 rings (SSSR count). The molecule has 6 aromatic carbocycles. The molecule has 0 fully saturated rings. The Morgan fingerprint density at radius 2 is 1.04 bits per heavy atom. The zero-order valence-corrected chi connectivity index (χ0v) is 34.0. The molecule has 56 heavy (non-hydrogen) atoms. The molecule has 0 amide bonds. The monoisotopic (exact) mass is 906 g/mol. The second kappa shape index (κ2) is 13.2. The molecule has 2 aliphatic carbocycles. The van der Waals surface area contributed by atoms with E-state index in [4.69, 9.17) is 4.98 Å². The normalized spacial score (nSPS) is 15.5. The SMILES string of the molecule is CN1C=CN(c2[c-]c(C3(c4cc(C(C)(C)C)cc(C5(c6ccccc6O)c6ccccc6-c6ccccc65)n4)c4ccccc4-c4ccccc43)ccc2)[CH-]1.[Pt+2]. The first kappa shape index (κ1) is 36.0. The largest absolute Gasteiger partial charge is 2.00 e. The summed E-state index contributed by atoms with van der Waals surface area (Å²) < 4.78 is 0. The molecule has 2 heterocycles. The molecule has 1 aromatic heterocycles. The van der Waals surface area contributed by atoms with Gasteiger partial charge >= 0.3 is 21.1 Å². The third kappa shape index (κ3) is 5.05. The number of para-hydroxylation sites is 1. The van der Waals surface area contributed by atoms with Crippen LogP contribution in [0.15, 0.2) is 164 Å². The van der Waals surface area contributed by atoms with E-state index in [9.17, 15) is 5.11 Å². The first-order valence-electron chi connectivity index (χ1n) is 19.0. The first-order valence-corrected chi connectivity index (χ1v) is 19.0. The van der Waals surface area contributed by atoms with Gasteiger partial charge in [0.2, 0.25) is 0 Å². The molecule has 276 valence electrons. The standard InChI is InChI=1S/C51H41N3O.Pt/c1-49(2,3)35-31-47(52-48(32-35)51(45-26-13-14-27-46(45)55)43-24-11-7-20-39(43)40-21-8-12-25-44(40)51)50(34-16-15-17-36(30-34)54-29-28-53(4)33-54)41-22-9-5-18-37(41)38-19-6-10-23-42(38)50;/h5-29,31-33,55H,1-4H3;/q-2;+2. The molecule has 0 saturated heterocycles. The van der Waals surface area contributed by atoms with E-state index in [1.165, 1.54) is 27.8 Å². The van der Waals surface area contributed by atoms with E-state index in [2.05, 4.69) is 178 Å². The Labute approximate surface area is 344 Å². The maximum atomic E-state index is 12.0. The van der Waals surface area contributed by atoms with Crippen LogP contribution in [0, 0.1) is 12.7 Å². The molecule has 5 heteroatoms. The van der Waals surface area contributed by atoms with E-state index in [0.717, 1.165) is 50.5 Å². The van der Waals surface area contributed by atoms with E-state index in [1.54, 1.807) is 0 Å². The number of nitrogens with zero attached hydrogens (tertiary/aromatic N) is 3. The second-order valence-corrected chi connectivity index (χ2v) is 16.0. The zero-order valence-electron chi connectivity index (χ0n) is 31.8. The molecule has 0 radical (unpaired) electrons. The van der Waals surface area contributed by atoms with E-state index in [0.29, 0.717) is 0 Å². The topological polar surface area (TPSA) is 39.6 Å². The second-order valence-electron chi connectivity index (χ2n) is 16.0. The van der Waals surface area contributed by atoms with E-state index in [1.807, 2.05) is 36.3 Å². The number of benzene rings is 6. The number of anilines is 1. The fourth-order valence-electron chi connectivity index (χ4n) is 9.44. The average molecular weight is 907 g/mol. The summed E-state index contributed by atoms with van der Waals surface area (Å²) in [7, 11) is 2.04. The third-order valence-electron chi connectivity index (χ3n) is 11.9. The molecule has 0 atom stereocenters. The number of phenolic OH excluding ortho intramolecular Hbond substituents is 1. The van der Waals surface area contributed by atoms with Crippen molar-refractivity contribution in [1.82, 2.24) is 9.88 Å². The van der Waals surface area contributed by atoms with Crippen molar-refractivity contribution in [1.29, 1.82) is 0 Å². The van der Waals surface area contributed by atoms with E-state index >= 15 is 0 Å². The molecular weight excluding hydrogens is 866 g/mol. The Hall–Kier alpha value is -5.70. The molecule has 0 saturated carbocycles. The Balaban J connectivity index is 0.00000410. The molecule has 1 aliphatic heterocycles. The van der Waals surface area contributed by atoms with Crippen molar-refractivity contribution in [3.05, 3.63) is 227 Å². The smallest absolute Gasteiger partial charge is 0.510 e. The summed E-state index contributed by atoms with van der Waals surface area (Å²) in [6.07, 6.45) is 4.12. The minimum atomic E-state index is -0.904. The number of hydrogen-bond donors (Lipinski definition) is 1. The predicted octanol–water partition coefficient (Wildman–Crippen LogP) is 11.0. The summed E-state index contributed by atoms with van der Waals surface area (Å²) >= 11 is 0. The minimum Gasteiger partial charge on any atom is -0.510 e. The number of pyridine rings is 1. The van der Waals surface area contributed by atoms with Gasteiger partial charge in [-0.25, -0.2) is 0 Å². The molecule has 1 N–H and O–H groups in total. The van der Waals surface area contributed by atoms with Crippen LogP contribution < -0.4 is 4.90 Å². The fraction of sp³-hybridized carbons (Fsp3) is 0.137. The van der Waals surface area contributed by atoms with Crippen molar-refractivity contribution in [2.45, 2.75) is 37.0 Å². The number of phenols is 1. The van der Waals surface area contributed by atoms with Gasteiger partial charge in [0.15, 0.2) is 0 Å². The van der Waals surface area contributed by atoms with Crippen LogP contribution >= 0.6 is 0 Å². The van der Waals surface area contributed by atoms with Crippen LogP contribution in [-0.2, 0) is 37.3 Å². The zero-order chi connectivity index (χ0) is 37.5. The van der Waals surface area contributed by atoms with Gasteiger partial charge in [-0.3, -0.25) is 4.98 Å². The van der Waals surface area contributed by atoms with Crippen LogP contribution in [0.25, 0.3) is 22.3 Å². The van der Waals surface area contributed by atoms with E-state index < -0.39 is 10.8 Å². The molecule has 0 spiro atoms. The Morgan fingerprint density at radius 3 is 1.52 bits per heavy atom. The van der Waals surface area contributed by atoms with Crippen LogP contribution in [-0.4, -0.2) is 22.0 Å². The number of hydrogen-bond acceptors (Lipinski definition) is 4. The summed E-state index contributed by atoms with van der Waals surface area (Å²) in [6.45, 7) is 8.91. The fourth-order valence-corrected chi connectivity index (χ4v) is 9.44. The number of fused-ring (bicyclic) bond motifs is 6. The number of aromatic hydroxyl groups is 1. The summed E-state index contributed by atoms with van der Waals surface area (Å²) in [4.78, 5) is 10.2. The van der Waals surface area contributed by atoms with E-state index in [-0.39, 0.29) is 32.2 Å². The summed E-state index contributed by atoms with van der Waals surface area (Å²) in [5, 5.41) is 12.0. The maximum absolute atomic E-state index is 12.0. The van der Waals surface area contributed by atoms with Gasteiger partial charge in [0, 0.05) is 5.56 Å². The van der Waals surface area contributed by atoms with Gasteiger partial charge in [-0.2, -0.15) is 30.9 Å². The maximum Gasteiger partial charge on any atom is 2.00 e. The molecule has 0 bridgehead atoms. The summed E-state index contributed by atoms with van der Waals surface area (Å²) in [6, 6.07) is 57.8. The molecular formula is C51H41N3OPt. The van der Waals surface area contributed by atoms with Crippen LogP contribution in [0.3, 0.4) is 0 Å². The van der Waals surface area contributed by atoms with Crippen LogP contribution in [0.4, 0.5) is 5.69 Å². The van der Waals surface area contributed by atoms with Gasteiger partial charge in [-0.05, 0) is 93.1 Å². The molecule has 7 aromatic rings. The van der Waals surface area contributed by atoms with Crippen molar-refractivity contribution < 1.29 is 26.2 Å². The Morgan fingerprint density at radius 1 is 0.571 bits per heavy atom. The van der Waals surface area contributed by atoms with Gasteiger partial charge in [0.05, 0.1) is 22.2 Å². The van der Waals surface area contributed by atoms with Crippen LogP contribution in [0.1, 0.15) is 71.1 Å². The predicted molar refractivity (Wildman–Crippen MR) is 222 cm³/mol. The van der Waals surface area contributed by atoms with Gasteiger partial charge < -0.3 is 14.9 Å².